The third-order valence-electron chi connectivity index (χ3n) is 1.55. The summed E-state index contributed by atoms with van der Waals surface area (Å²) in [5, 5.41) is 8.11. The summed E-state index contributed by atoms with van der Waals surface area (Å²) in [6, 6.07) is 0. The summed E-state index contributed by atoms with van der Waals surface area (Å²) < 4.78 is 0. The number of ketones is 2. The van der Waals surface area contributed by atoms with Crippen LogP contribution < -0.4 is 0 Å². The highest BCUT2D eigenvalue weighted by Crippen LogP contribution is 2.13. The molecule has 0 bridgehead atoms. The smallest absolute Gasteiger partial charge is 0.165 e. The SMILES string of the molecule is O=C1CCC(=O)C(OO)C1. The fraction of sp³-hybridized carbons (Fsp3) is 0.667. The van der Waals surface area contributed by atoms with Crippen molar-refractivity contribution in [2.24, 2.45) is 0 Å². The molecule has 1 atom stereocenters. The molecule has 1 unspecified atom stereocenters. The number of rotatable bonds is 1. The van der Waals surface area contributed by atoms with Gasteiger partial charge in [-0.1, -0.05) is 0 Å². The molecule has 0 aliphatic heterocycles. The minimum atomic E-state index is -0.902. The molecular weight excluding hydrogens is 136 g/mol. The first-order valence-corrected chi connectivity index (χ1v) is 3.08. The van der Waals surface area contributed by atoms with Crippen molar-refractivity contribution < 1.29 is 19.7 Å². The number of carbonyl (C=O) groups is 2. The van der Waals surface area contributed by atoms with Crippen LogP contribution in [0.15, 0.2) is 0 Å². The molecule has 1 aliphatic rings. The second-order valence-electron chi connectivity index (χ2n) is 2.30. The van der Waals surface area contributed by atoms with Crippen LogP contribution in [-0.4, -0.2) is 22.9 Å². The molecule has 0 aromatic carbocycles. The van der Waals surface area contributed by atoms with Crippen molar-refractivity contribution in [2.75, 3.05) is 0 Å². The third-order valence-corrected chi connectivity index (χ3v) is 1.55. The lowest BCUT2D eigenvalue weighted by molar-refractivity contribution is -0.272. The number of hydrogen-bond donors (Lipinski definition) is 1. The first kappa shape index (κ1) is 7.37. The topological polar surface area (TPSA) is 63.6 Å². The number of carbonyl (C=O) groups excluding carboxylic acids is 2. The molecule has 0 radical (unpaired) electrons. The van der Waals surface area contributed by atoms with E-state index in [2.05, 4.69) is 4.89 Å². The number of hydrogen-bond acceptors (Lipinski definition) is 4. The van der Waals surface area contributed by atoms with Crippen LogP contribution in [0.25, 0.3) is 0 Å². The second-order valence-corrected chi connectivity index (χ2v) is 2.30. The average Bonchev–Trinajstić information content (AvgIpc) is 1.94. The average molecular weight is 144 g/mol. The Bertz CT molecular complexity index is 163. The summed E-state index contributed by atoms with van der Waals surface area (Å²) >= 11 is 0. The molecule has 1 saturated carbocycles. The summed E-state index contributed by atoms with van der Waals surface area (Å²) in [6.45, 7) is 0. The maximum absolute atomic E-state index is 10.7. The van der Waals surface area contributed by atoms with Crippen LogP contribution >= 0.6 is 0 Å². The van der Waals surface area contributed by atoms with Gasteiger partial charge in [0.1, 0.15) is 5.78 Å². The molecular formula is C6H8O4. The van der Waals surface area contributed by atoms with Gasteiger partial charge >= 0.3 is 0 Å². The predicted molar refractivity (Wildman–Crippen MR) is 31.4 cm³/mol. The van der Waals surface area contributed by atoms with E-state index in [9.17, 15) is 9.59 Å². The van der Waals surface area contributed by atoms with Gasteiger partial charge in [-0.2, -0.15) is 0 Å². The molecule has 0 saturated heterocycles. The fourth-order valence-corrected chi connectivity index (χ4v) is 0.942. The molecule has 1 aliphatic carbocycles. The first-order valence-electron chi connectivity index (χ1n) is 3.08. The molecule has 4 heteroatoms. The van der Waals surface area contributed by atoms with Gasteiger partial charge in [0.05, 0.1) is 0 Å². The van der Waals surface area contributed by atoms with Crippen LogP contribution in [0.4, 0.5) is 0 Å². The van der Waals surface area contributed by atoms with Gasteiger partial charge in [-0.15, -0.1) is 0 Å². The van der Waals surface area contributed by atoms with Crippen LogP contribution in [0.2, 0.25) is 0 Å². The Labute approximate surface area is 57.7 Å². The minimum Gasteiger partial charge on any atom is -0.300 e. The van der Waals surface area contributed by atoms with Crippen molar-refractivity contribution in [1.82, 2.24) is 0 Å². The molecule has 56 valence electrons. The lowest BCUT2D eigenvalue weighted by Crippen LogP contribution is -2.31. The van der Waals surface area contributed by atoms with E-state index in [0.717, 1.165) is 0 Å². The largest absolute Gasteiger partial charge is 0.300 e. The van der Waals surface area contributed by atoms with Crippen LogP contribution in [0.5, 0.6) is 0 Å². The van der Waals surface area contributed by atoms with E-state index in [-0.39, 0.29) is 24.4 Å². The van der Waals surface area contributed by atoms with E-state index >= 15 is 0 Å². The van der Waals surface area contributed by atoms with Crippen molar-refractivity contribution in [3.63, 3.8) is 0 Å². The quantitative estimate of drug-likeness (QED) is 0.420. The predicted octanol–water partition coefficient (Wildman–Crippen LogP) is 0.167. The molecule has 0 aromatic rings. The summed E-state index contributed by atoms with van der Waals surface area (Å²) in [5.41, 5.74) is 0. The molecule has 0 aromatic heterocycles. The molecule has 0 spiro atoms. The van der Waals surface area contributed by atoms with Gasteiger partial charge in [-0.25, -0.2) is 4.89 Å². The normalized spacial score (nSPS) is 27.1. The molecule has 0 heterocycles. The van der Waals surface area contributed by atoms with Gasteiger partial charge in [-0.05, 0) is 0 Å². The van der Waals surface area contributed by atoms with Crippen molar-refractivity contribution in [1.29, 1.82) is 0 Å². The Morgan fingerprint density at radius 1 is 1.40 bits per heavy atom. The monoisotopic (exact) mass is 144 g/mol. The molecule has 0 amide bonds. The molecule has 1 N–H and O–H groups in total. The highest BCUT2D eigenvalue weighted by molar-refractivity contribution is 5.96. The third kappa shape index (κ3) is 1.40. The fourth-order valence-electron chi connectivity index (χ4n) is 0.942. The van der Waals surface area contributed by atoms with Gasteiger partial charge in [0.2, 0.25) is 0 Å². The van der Waals surface area contributed by atoms with E-state index in [1.54, 1.807) is 0 Å². The van der Waals surface area contributed by atoms with Gasteiger partial charge in [0.25, 0.3) is 0 Å². The molecule has 1 fully saturated rings. The highest BCUT2D eigenvalue weighted by atomic mass is 17.1. The molecule has 10 heavy (non-hydrogen) atoms. The van der Waals surface area contributed by atoms with E-state index < -0.39 is 6.10 Å². The first-order chi connectivity index (χ1) is 4.74. The highest BCUT2D eigenvalue weighted by Gasteiger charge is 2.27. The summed E-state index contributed by atoms with van der Waals surface area (Å²) in [5.74, 6) is -0.222. The zero-order valence-electron chi connectivity index (χ0n) is 5.37. The van der Waals surface area contributed by atoms with Gasteiger partial charge in [-0.3, -0.25) is 14.8 Å². The van der Waals surface area contributed by atoms with Crippen LogP contribution in [0, 0.1) is 0 Å². The zero-order chi connectivity index (χ0) is 7.56. The molecule has 4 nitrogen and oxygen atoms in total. The maximum Gasteiger partial charge on any atom is 0.165 e. The van der Waals surface area contributed by atoms with Crippen molar-refractivity contribution in [3.05, 3.63) is 0 Å². The zero-order valence-corrected chi connectivity index (χ0v) is 5.37. The van der Waals surface area contributed by atoms with E-state index in [0.29, 0.717) is 6.42 Å². The van der Waals surface area contributed by atoms with E-state index in [1.807, 2.05) is 0 Å². The van der Waals surface area contributed by atoms with Gasteiger partial charge in [0.15, 0.2) is 11.9 Å². The maximum atomic E-state index is 10.7. The Balaban J connectivity index is 2.53. The van der Waals surface area contributed by atoms with Crippen molar-refractivity contribution in [3.8, 4) is 0 Å². The van der Waals surface area contributed by atoms with E-state index in [1.165, 1.54) is 0 Å². The Kier molecular flexibility index (Phi) is 2.13. The van der Waals surface area contributed by atoms with Crippen LogP contribution in [0.3, 0.4) is 0 Å². The van der Waals surface area contributed by atoms with Crippen LogP contribution in [0.1, 0.15) is 19.3 Å². The standard InChI is InChI=1S/C6H8O4/c7-4-1-2-5(8)6(3-4)10-9/h6,9H,1-3H2. The Morgan fingerprint density at radius 2 is 2.10 bits per heavy atom. The summed E-state index contributed by atoms with van der Waals surface area (Å²) in [6.07, 6.45) is -0.390. The van der Waals surface area contributed by atoms with Crippen LogP contribution in [-0.2, 0) is 14.5 Å². The second kappa shape index (κ2) is 2.90. The van der Waals surface area contributed by atoms with Gasteiger partial charge < -0.3 is 0 Å². The lowest BCUT2D eigenvalue weighted by Gasteiger charge is -2.15. The Hall–Kier alpha value is -0.740. The number of Topliss-reactive ketones (excluding diaryl/α,β-unsaturated/α-hetero) is 2. The minimum absolute atomic E-state index is 0.0231. The summed E-state index contributed by atoms with van der Waals surface area (Å²) in [7, 11) is 0. The Morgan fingerprint density at radius 3 is 2.60 bits per heavy atom. The lowest BCUT2D eigenvalue weighted by atomic mass is 9.95. The van der Waals surface area contributed by atoms with E-state index in [4.69, 9.17) is 5.26 Å². The van der Waals surface area contributed by atoms with Gasteiger partial charge in [0, 0.05) is 19.3 Å². The molecule has 1 rings (SSSR count). The van der Waals surface area contributed by atoms with Crippen molar-refractivity contribution >= 4 is 11.6 Å². The summed E-state index contributed by atoms with van der Waals surface area (Å²) in [4.78, 5) is 25.2. The van der Waals surface area contributed by atoms with Crippen molar-refractivity contribution in [2.45, 2.75) is 25.4 Å².